The lowest BCUT2D eigenvalue weighted by Gasteiger charge is -2.22. The van der Waals surface area contributed by atoms with Gasteiger partial charge in [0.2, 0.25) is 0 Å². The van der Waals surface area contributed by atoms with Gasteiger partial charge in [0.15, 0.2) is 5.78 Å². The molecule has 8 nitrogen and oxygen atoms in total. The average Bonchev–Trinajstić information content (AvgIpc) is 2.80. The number of nitro benzene ring substituents is 1. The first-order valence-corrected chi connectivity index (χ1v) is 10.9. The van der Waals surface area contributed by atoms with Crippen molar-refractivity contribution in [2.24, 2.45) is 0 Å². The molecule has 2 aromatic heterocycles. The number of aromatic nitrogens is 3. The molecule has 0 aliphatic heterocycles. The summed E-state index contributed by atoms with van der Waals surface area (Å²) in [4.78, 5) is 44.4. The topological polar surface area (TPSA) is 108 Å². The molecule has 0 saturated carbocycles. The minimum Gasteiger partial charge on any atom is -0.293 e. The van der Waals surface area contributed by atoms with E-state index in [2.05, 4.69) is 9.97 Å². The Morgan fingerprint density at radius 2 is 2.00 bits per heavy atom. The molecule has 0 radical (unpaired) electrons. The number of carbonyl (C=O) groups excluding carboxylic acids is 1. The van der Waals surface area contributed by atoms with Crippen LogP contribution < -0.4 is 5.69 Å². The van der Waals surface area contributed by atoms with Crippen LogP contribution in [0.2, 0.25) is 0 Å². The van der Waals surface area contributed by atoms with Crippen molar-refractivity contribution in [2.45, 2.75) is 37.3 Å². The highest BCUT2D eigenvalue weighted by atomic mass is 32.2. The summed E-state index contributed by atoms with van der Waals surface area (Å²) in [5, 5.41) is 11.5. The Balaban J connectivity index is 1.58. The number of nitrogens with zero attached hydrogens (tertiary/aromatic N) is 4. The van der Waals surface area contributed by atoms with Gasteiger partial charge in [0.05, 0.1) is 22.9 Å². The molecule has 0 spiro atoms. The van der Waals surface area contributed by atoms with Gasteiger partial charge in [-0.1, -0.05) is 30.0 Å². The van der Waals surface area contributed by atoms with Gasteiger partial charge in [-0.3, -0.25) is 24.5 Å². The lowest BCUT2D eigenvalue weighted by molar-refractivity contribution is -0.384. The predicted molar refractivity (Wildman–Crippen MR) is 117 cm³/mol. The lowest BCUT2D eigenvalue weighted by Crippen LogP contribution is -2.31. The third-order valence-electron chi connectivity index (χ3n) is 5.22. The molecule has 0 bridgehead atoms. The van der Waals surface area contributed by atoms with E-state index in [1.807, 2.05) is 18.2 Å². The number of hydrogen-bond acceptors (Lipinski definition) is 7. The minimum atomic E-state index is -0.525. The Morgan fingerprint density at radius 3 is 2.77 bits per heavy atom. The van der Waals surface area contributed by atoms with Crippen LogP contribution in [-0.2, 0) is 19.4 Å². The number of carbonyl (C=O) groups is 1. The number of rotatable bonds is 7. The van der Waals surface area contributed by atoms with Gasteiger partial charge in [-0.15, -0.1) is 0 Å². The maximum Gasteiger partial charge on any atom is 0.349 e. The summed E-state index contributed by atoms with van der Waals surface area (Å²) in [5.41, 5.74) is 2.57. The molecule has 2 heterocycles. The second-order valence-corrected chi connectivity index (χ2v) is 8.22. The van der Waals surface area contributed by atoms with Crippen LogP contribution >= 0.6 is 11.8 Å². The van der Waals surface area contributed by atoms with E-state index in [-0.39, 0.29) is 28.5 Å². The van der Waals surface area contributed by atoms with E-state index >= 15 is 0 Å². The van der Waals surface area contributed by atoms with Gasteiger partial charge in [-0.05, 0) is 37.8 Å². The molecular weight excluding hydrogens is 416 g/mol. The fourth-order valence-corrected chi connectivity index (χ4v) is 4.67. The Morgan fingerprint density at radius 1 is 1.16 bits per heavy atom. The van der Waals surface area contributed by atoms with Crippen LogP contribution in [-0.4, -0.2) is 31.0 Å². The number of non-ortho nitro benzene ring substituents is 1. The van der Waals surface area contributed by atoms with Gasteiger partial charge in [0.1, 0.15) is 5.03 Å². The molecule has 0 atom stereocenters. The molecule has 0 fully saturated rings. The molecule has 1 aliphatic carbocycles. The molecule has 31 heavy (non-hydrogen) atoms. The maximum atomic E-state index is 12.8. The number of nitro groups is 1. The standard InChI is InChI=1S/C22H20N4O4S/c27-20(15-6-5-8-17(12-15)26(29)30)14-31-21-18-9-1-2-10-19(18)25(22(28)24-21)13-16-7-3-4-11-23-16/h3-8,11-12H,1-2,9-10,13-14H2. The lowest BCUT2D eigenvalue weighted by atomic mass is 9.97. The second kappa shape index (κ2) is 9.22. The van der Waals surface area contributed by atoms with Gasteiger partial charge < -0.3 is 0 Å². The van der Waals surface area contributed by atoms with Crippen LogP contribution in [0.15, 0.2) is 58.5 Å². The first-order valence-electron chi connectivity index (χ1n) is 9.96. The molecule has 1 aromatic carbocycles. The third-order valence-corrected chi connectivity index (χ3v) is 6.23. The molecule has 1 aliphatic rings. The van der Waals surface area contributed by atoms with E-state index in [1.54, 1.807) is 16.8 Å². The number of hydrogen-bond donors (Lipinski definition) is 0. The van der Waals surface area contributed by atoms with Crippen molar-refractivity contribution < 1.29 is 9.72 Å². The normalized spacial score (nSPS) is 12.9. The molecule has 4 rings (SSSR count). The van der Waals surface area contributed by atoms with Crippen molar-refractivity contribution in [2.75, 3.05) is 5.75 Å². The summed E-state index contributed by atoms with van der Waals surface area (Å²) >= 11 is 1.22. The first kappa shape index (κ1) is 20.9. The summed E-state index contributed by atoms with van der Waals surface area (Å²) in [6.45, 7) is 0.368. The van der Waals surface area contributed by atoms with E-state index in [9.17, 15) is 19.7 Å². The highest BCUT2D eigenvalue weighted by molar-refractivity contribution is 8.00. The van der Waals surface area contributed by atoms with Crippen LogP contribution in [0.1, 0.15) is 40.2 Å². The second-order valence-electron chi connectivity index (χ2n) is 7.26. The molecule has 158 valence electrons. The van der Waals surface area contributed by atoms with Crippen LogP contribution in [0, 0.1) is 10.1 Å². The average molecular weight is 436 g/mol. The highest BCUT2D eigenvalue weighted by Crippen LogP contribution is 2.29. The summed E-state index contributed by atoms with van der Waals surface area (Å²) in [5.74, 6) is -0.178. The van der Waals surface area contributed by atoms with Crippen molar-refractivity contribution in [1.29, 1.82) is 0 Å². The zero-order chi connectivity index (χ0) is 21.8. The zero-order valence-corrected chi connectivity index (χ0v) is 17.5. The molecule has 9 heteroatoms. The fraction of sp³-hybridized carbons (Fsp3) is 0.273. The number of Topliss-reactive ketones (excluding diaryl/α,β-unsaturated/α-hetero) is 1. The van der Waals surface area contributed by atoms with Crippen molar-refractivity contribution >= 4 is 23.2 Å². The Bertz CT molecular complexity index is 1190. The summed E-state index contributed by atoms with van der Waals surface area (Å²) in [7, 11) is 0. The number of ketones is 1. The van der Waals surface area contributed by atoms with Gasteiger partial charge in [0, 0.05) is 35.2 Å². The van der Waals surface area contributed by atoms with Crippen molar-refractivity contribution in [1.82, 2.24) is 14.5 Å². The van der Waals surface area contributed by atoms with Gasteiger partial charge in [-0.2, -0.15) is 4.98 Å². The van der Waals surface area contributed by atoms with E-state index in [1.165, 1.54) is 30.0 Å². The van der Waals surface area contributed by atoms with Crippen molar-refractivity contribution in [3.63, 3.8) is 0 Å². The van der Waals surface area contributed by atoms with E-state index in [4.69, 9.17) is 0 Å². The number of thioether (sulfide) groups is 1. The van der Waals surface area contributed by atoms with Crippen molar-refractivity contribution in [3.05, 3.63) is 91.8 Å². The molecule has 0 N–H and O–H groups in total. The molecule has 0 saturated heterocycles. The van der Waals surface area contributed by atoms with Crippen molar-refractivity contribution in [3.8, 4) is 0 Å². The SMILES string of the molecule is O=C(CSc1nc(=O)n(Cc2ccccn2)c2c1CCCC2)c1cccc([N+](=O)[O-])c1. The smallest absolute Gasteiger partial charge is 0.293 e. The fourth-order valence-electron chi connectivity index (χ4n) is 3.69. The van der Waals surface area contributed by atoms with E-state index < -0.39 is 4.92 Å². The van der Waals surface area contributed by atoms with Crippen LogP contribution in [0.25, 0.3) is 0 Å². The Labute approximate surface area is 182 Å². The molecular formula is C22H20N4O4S. The Hall–Kier alpha value is -3.33. The first-order chi connectivity index (χ1) is 15.0. The van der Waals surface area contributed by atoms with E-state index in [0.29, 0.717) is 11.6 Å². The third kappa shape index (κ3) is 4.72. The molecule has 3 aromatic rings. The Kier molecular flexibility index (Phi) is 6.22. The summed E-state index contributed by atoms with van der Waals surface area (Å²) in [6, 6.07) is 11.3. The van der Waals surface area contributed by atoms with Gasteiger partial charge >= 0.3 is 5.69 Å². The number of pyridine rings is 1. The van der Waals surface area contributed by atoms with Gasteiger partial charge in [-0.25, -0.2) is 4.79 Å². The minimum absolute atomic E-state index is 0.0598. The monoisotopic (exact) mass is 436 g/mol. The zero-order valence-electron chi connectivity index (χ0n) is 16.7. The molecule has 0 unspecified atom stereocenters. The largest absolute Gasteiger partial charge is 0.349 e. The van der Waals surface area contributed by atoms with Gasteiger partial charge in [0.25, 0.3) is 5.69 Å². The quantitative estimate of drug-likeness (QED) is 0.183. The highest BCUT2D eigenvalue weighted by Gasteiger charge is 2.22. The van der Waals surface area contributed by atoms with Crippen LogP contribution in [0.5, 0.6) is 0 Å². The maximum absolute atomic E-state index is 12.8. The number of benzene rings is 1. The van der Waals surface area contributed by atoms with Crippen LogP contribution in [0.3, 0.4) is 0 Å². The predicted octanol–water partition coefficient (Wildman–Crippen LogP) is 3.45. The molecule has 0 amide bonds. The van der Waals surface area contributed by atoms with Crippen LogP contribution in [0.4, 0.5) is 5.69 Å². The van der Waals surface area contributed by atoms with E-state index in [0.717, 1.165) is 42.6 Å². The number of fused-ring (bicyclic) bond motifs is 1. The summed E-state index contributed by atoms with van der Waals surface area (Å²) < 4.78 is 1.68. The summed E-state index contributed by atoms with van der Waals surface area (Å²) in [6.07, 6.45) is 5.28.